The Morgan fingerprint density at radius 1 is 1.16 bits per heavy atom. The SMILES string of the molecule is CCN(CC)S(=O)(=O)c1sc2c(c1C(=O)OC)CCN(C(=O)CCc1ccccc1)C2. The van der Waals surface area contributed by atoms with Crippen LogP contribution in [0.15, 0.2) is 34.5 Å². The maximum atomic E-state index is 13.2. The first-order valence-corrected chi connectivity index (χ1v) is 12.6. The van der Waals surface area contributed by atoms with Crippen molar-refractivity contribution in [2.45, 2.75) is 43.9 Å². The van der Waals surface area contributed by atoms with Crippen LogP contribution < -0.4 is 0 Å². The van der Waals surface area contributed by atoms with E-state index in [4.69, 9.17) is 4.74 Å². The summed E-state index contributed by atoms with van der Waals surface area (Å²) >= 11 is 1.08. The van der Waals surface area contributed by atoms with Crippen molar-refractivity contribution in [2.24, 2.45) is 0 Å². The van der Waals surface area contributed by atoms with E-state index in [9.17, 15) is 18.0 Å². The average Bonchev–Trinajstić information content (AvgIpc) is 3.18. The standard InChI is InChI=1S/C22H28N2O5S2/c1-4-24(5-2)31(27,28)22-20(21(26)29-3)17-13-14-23(15-18(17)30-22)19(25)12-11-16-9-7-6-8-10-16/h6-10H,4-5,11-15H2,1-3H3. The van der Waals surface area contributed by atoms with Gasteiger partial charge in [0.15, 0.2) is 0 Å². The number of esters is 1. The van der Waals surface area contributed by atoms with Crippen molar-refractivity contribution in [1.29, 1.82) is 0 Å². The van der Waals surface area contributed by atoms with Crippen molar-refractivity contribution in [1.82, 2.24) is 9.21 Å². The molecule has 0 fully saturated rings. The van der Waals surface area contributed by atoms with Crippen LogP contribution >= 0.6 is 11.3 Å². The number of carbonyl (C=O) groups excluding carboxylic acids is 2. The second-order valence-electron chi connectivity index (χ2n) is 7.30. The van der Waals surface area contributed by atoms with Crippen LogP contribution in [0, 0.1) is 0 Å². The fourth-order valence-electron chi connectivity index (χ4n) is 3.82. The van der Waals surface area contributed by atoms with Gasteiger partial charge in [-0.25, -0.2) is 13.2 Å². The van der Waals surface area contributed by atoms with Crippen LogP contribution in [-0.4, -0.2) is 56.2 Å². The number of thiophene rings is 1. The lowest BCUT2D eigenvalue weighted by atomic mass is 10.0. The van der Waals surface area contributed by atoms with Crippen LogP contribution in [0.2, 0.25) is 0 Å². The van der Waals surface area contributed by atoms with Crippen LogP contribution in [0.1, 0.15) is 46.6 Å². The van der Waals surface area contributed by atoms with Crippen LogP contribution in [0.25, 0.3) is 0 Å². The summed E-state index contributed by atoms with van der Waals surface area (Å²) < 4.78 is 32.6. The van der Waals surface area contributed by atoms with Gasteiger partial charge in [-0.15, -0.1) is 11.3 Å². The molecule has 0 unspecified atom stereocenters. The first kappa shape index (κ1) is 23.4. The molecule has 2 aromatic rings. The predicted octanol–water partition coefficient (Wildman–Crippen LogP) is 3.08. The molecule has 1 aliphatic rings. The molecule has 1 aromatic carbocycles. The highest BCUT2D eigenvalue weighted by Crippen LogP contribution is 2.38. The number of fused-ring (bicyclic) bond motifs is 1. The highest BCUT2D eigenvalue weighted by Gasteiger charge is 2.36. The number of rotatable bonds is 8. The first-order valence-electron chi connectivity index (χ1n) is 10.4. The van der Waals surface area contributed by atoms with Crippen molar-refractivity contribution in [3.63, 3.8) is 0 Å². The Kier molecular flexibility index (Phi) is 7.51. The van der Waals surface area contributed by atoms with Crippen molar-refractivity contribution >= 4 is 33.2 Å². The lowest BCUT2D eigenvalue weighted by Crippen LogP contribution is -2.36. The summed E-state index contributed by atoms with van der Waals surface area (Å²) in [5.74, 6) is -0.622. The summed E-state index contributed by atoms with van der Waals surface area (Å²) in [6.45, 7) is 4.91. The van der Waals surface area contributed by atoms with Gasteiger partial charge in [0.2, 0.25) is 5.91 Å². The van der Waals surface area contributed by atoms with Gasteiger partial charge >= 0.3 is 5.97 Å². The fourth-order valence-corrected chi connectivity index (χ4v) is 7.31. The maximum Gasteiger partial charge on any atom is 0.340 e. The van der Waals surface area contributed by atoms with Gasteiger partial charge in [0.1, 0.15) is 4.21 Å². The summed E-state index contributed by atoms with van der Waals surface area (Å²) in [6, 6.07) is 9.83. The molecule has 0 N–H and O–H groups in total. The van der Waals surface area contributed by atoms with E-state index in [1.165, 1.54) is 11.4 Å². The van der Waals surface area contributed by atoms with Crippen molar-refractivity contribution in [3.05, 3.63) is 51.9 Å². The number of ether oxygens (including phenoxy) is 1. The lowest BCUT2D eigenvalue weighted by Gasteiger charge is -2.27. The maximum absolute atomic E-state index is 13.2. The Bertz CT molecular complexity index is 1040. The molecule has 0 bridgehead atoms. The van der Waals surface area contributed by atoms with Gasteiger partial charge in [0.25, 0.3) is 10.0 Å². The van der Waals surface area contributed by atoms with Gasteiger partial charge < -0.3 is 9.64 Å². The van der Waals surface area contributed by atoms with Gasteiger partial charge in [-0.2, -0.15) is 4.31 Å². The van der Waals surface area contributed by atoms with E-state index in [1.807, 2.05) is 30.3 Å². The summed E-state index contributed by atoms with van der Waals surface area (Å²) in [5.41, 5.74) is 1.92. The van der Waals surface area contributed by atoms with E-state index in [-0.39, 0.29) is 15.7 Å². The molecule has 168 valence electrons. The predicted molar refractivity (Wildman–Crippen MR) is 120 cm³/mol. The van der Waals surface area contributed by atoms with E-state index in [0.29, 0.717) is 51.0 Å². The number of hydrogen-bond acceptors (Lipinski definition) is 6. The monoisotopic (exact) mass is 464 g/mol. The molecular formula is C22H28N2O5S2. The molecule has 1 aromatic heterocycles. The highest BCUT2D eigenvalue weighted by molar-refractivity contribution is 7.91. The Morgan fingerprint density at radius 3 is 2.45 bits per heavy atom. The molecule has 31 heavy (non-hydrogen) atoms. The van der Waals surface area contributed by atoms with Gasteiger partial charge in [-0.3, -0.25) is 4.79 Å². The summed E-state index contributed by atoms with van der Waals surface area (Å²) in [7, 11) is -2.57. The smallest absolute Gasteiger partial charge is 0.340 e. The van der Waals surface area contributed by atoms with Crippen LogP contribution in [0.5, 0.6) is 0 Å². The molecule has 1 aliphatic heterocycles. The van der Waals surface area contributed by atoms with Gasteiger partial charge in [0, 0.05) is 30.9 Å². The lowest BCUT2D eigenvalue weighted by molar-refractivity contribution is -0.132. The molecule has 7 nitrogen and oxygen atoms in total. The summed E-state index contributed by atoms with van der Waals surface area (Å²) in [6.07, 6.45) is 1.47. The summed E-state index contributed by atoms with van der Waals surface area (Å²) in [4.78, 5) is 27.8. The van der Waals surface area contributed by atoms with Crippen LogP contribution in [0.4, 0.5) is 0 Å². The van der Waals surface area contributed by atoms with Crippen molar-refractivity contribution in [2.75, 3.05) is 26.7 Å². The van der Waals surface area contributed by atoms with E-state index >= 15 is 0 Å². The Balaban J connectivity index is 1.86. The molecule has 0 saturated heterocycles. The zero-order valence-corrected chi connectivity index (χ0v) is 19.7. The molecular weight excluding hydrogens is 436 g/mol. The second-order valence-corrected chi connectivity index (χ2v) is 10.5. The third kappa shape index (κ3) is 4.83. The first-order chi connectivity index (χ1) is 14.8. The Hall–Kier alpha value is -2.23. The topological polar surface area (TPSA) is 84.0 Å². The number of benzene rings is 1. The third-order valence-electron chi connectivity index (χ3n) is 5.52. The van der Waals surface area contributed by atoms with Crippen LogP contribution in [0.3, 0.4) is 0 Å². The van der Waals surface area contributed by atoms with E-state index in [0.717, 1.165) is 21.8 Å². The molecule has 2 heterocycles. The van der Waals surface area contributed by atoms with Crippen LogP contribution in [-0.2, 0) is 38.9 Å². The molecule has 0 aliphatic carbocycles. The quantitative estimate of drug-likeness (QED) is 0.561. The number of carbonyl (C=O) groups is 2. The molecule has 0 radical (unpaired) electrons. The molecule has 0 atom stereocenters. The average molecular weight is 465 g/mol. The number of hydrogen-bond donors (Lipinski definition) is 0. The van der Waals surface area contributed by atoms with Gasteiger partial charge in [-0.1, -0.05) is 44.2 Å². The second kappa shape index (κ2) is 9.93. The number of nitrogens with zero attached hydrogens (tertiary/aromatic N) is 2. The van der Waals surface area contributed by atoms with Crippen molar-refractivity contribution in [3.8, 4) is 0 Å². The van der Waals surface area contributed by atoms with E-state index < -0.39 is 16.0 Å². The number of aryl methyl sites for hydroxylation is 1. The molecule has 3 rings (SSSR count). The minimum absolute atomic E-state index is 0.0200. The van der Waals surface area contributed by atoms with Gasteiger partial charge in [0.05, 0.1) is 19.2 Å². The number of sulfonamides is 1. The number of amides is 1. The van der Waals surface area contributed by atoms with E-state index in [2.05, 4.69) is 0 Å². The largest absolute Gasteiger partial charge is 0.465 e. The Labute approximate surface area is 187 Å². The van der Waals surface area contributed by atoms with Crippen molar-refractivity contribution < 1.29 is 22.7 Å². The molecule has 1 amide bonds. The number of methoxy groups -OCH3 is 1. The Morgan fingerprint density at radius 2 is 1.84 bits per heavy atom. The van der Waals surface area contributed by atoms with E-state index in [1.54, 1.807) is 18.7 Å². The normalized spacial score (nSPS) is 13.9. The van der Waals surface area contributed by atoms with Gasteiger partial charge in [-0.05, 0) is 24.0 Å². The molecule has 9 heteroatoms. The third-order valence-corrected chi connectivity index (χ3v) is 9.28. The minimum Gasteiger partial charge on any atom is -0.465 e. The summed E-state index contributed by atoms with van der Waals surface area (Å²) in [5, 5.41) is 0. The highest BCUT2D eigenvalue weighted by atomic mass is 32.2. The molecule has 0 spiro atoms. The zero-order valence-electron chi connectivity index (χ0n) is 18.1. The molecule has 0 saturated carbocycles. The zero-order chi connectivity index (χ0) is 22.6. The fraction of sp³-hybridized carbons (Fsp3) is 0.455. The minimum atomic E-state index is -3.82.